The highest BCUT2D eigenvalue weighted by Crippen LogP contribution is 2.27. The summed E-state index contributed by atoms with van der Waals surface area (Å²) in [5.74, 6) is 0.0128. The van der Waals surface area contributed by atoms with Gasteiger partial charge in [0.15, 0.2) is 11.5 Å². The lowest BCUT2D eigenvalue weighted by atomic mass is 10.0. The third-order valence-electron chi connectivity index (χ3n) is 2.84. The van der Waals surface area contributed by atoms with Gasteiger partial charge in [0.2, 0.25) is 0 Å². The van der Waals surface area contributed by atoms with Gasteiger partial charge in [0, 0.05) is 12.0 Å². The molecule has 5 heteroatoms. The fourth-order valence-electron chi connectivity index (χ4n) is 1.41. The average Bonchev–Trinajstić information content (AvgIpc) is 2.34. The first-order valence-corrected chi connectivity index (χ1v) is 5.86. The van der Waals surface area contributed by atoms with Crippen LogP contribution in [0.15, 0.2) is 18.2 Å². The van der Waals surface area contributed by atoms with E-state index in [0.717, 1.165) is 12.0 Å². The second-order valence-electron chi connectivity index (χ2n) is 4.29. The Balaban J connectivity index is 2.81. The van der Waals surface area contributed by atoms with E-state index in [1.807, 2.05) is 20.8 Å². The van der Waals surface area contributed by atoms with Crippen LogP contribution in [0.3, 0.4) is 0 Å². The molecule has 0 amide bonds. The van der Waals surface area contributed by atoms with Crippen molar-refractivity contribution in [3.8, 4) is 5.75 Å². The van der Waals surface area contributed by atoms with E-state index in [1.165, 1.54) is 6.07 Å². The summed E-state index contributed by atoms with van der Waals surface area (Å²) in [6, 6.07) is 4.60. The van der Waals surface area contributed by atoms with Crippen molar-refractivity contribution in [3.05, 3.63) is 33.9 Å². The van der Waals surface area contributed by atoms with E-state index in [4.69, 9.17) is 4.74 Å². The first-order valence-electron chi connectivity index (χ1n) is 5.86. The summed E-state index contributed by atoms with van der Waals surface area (Å²) in [7, 11) is 0. The molecule has 98 valence electrons. The quantitative estimate of drug-likeness (QED) is 0.575. The molecule has 0 saturated heterocycles. The molecule has 0 bridgehead atoms. The standard InChI is InChI=1S/C13H17NO4/c1-4-10(3)12(15)8-18-13-7-9(2)5-6-11(13)14(16)17/h5-7,10H,4,8H2,1-3H3. The number of Topliss-reactive ketones (excluding diaryl/α,β-unsaturated/α-hetero) is 1. The van der Waals surface area contributed by atoms with Gasteiger partial charge in [-0.3, -0.25) is 14.9 Å². The molecule has 1 atom stereocenters. The number of rotatable bonds is 6. The Bertz CT molecular complexity index is 456. The van der Waals surface area contributed by atoms with Gasteiger partial charge >= 0.3 is 5.69 Å². The van der Waals surface area contributed by atoms with Crippen LogP contribution in [0.5, 0.6) is 5.75 Å². The summed E-state index contributed by atoms with van der Waals surface area (Å²) in [5, 5.41) is 10.8. The summed E-state index contributed by atoms with van der Waals surface area (Å²) in [5.41, 5.74) is 0.740. The molecule has 0 fully saturated rings. The number of nitro groups is 1. The SMILES string of the molecule is CCC(C)C(=O)COc1cc(C)ccc1[N+](=O)[O-]. The normalized spacial score (nSPS) is 11.9. The van der Waals surface area contributed by atoms with Crippen LogP contribution in [-0.2, 0) is 4.79 Å². The highest BCUT2D eigenvalue weighted by molar-refractivity contribution is 5.82. The summed E-state index contributed by atoms with van der Waals surface area (Å²) in [6.45, 7) is 5.42. The van der Waals surface area contributed by atoms with E-state index in [9.17, 15) is 14.9 Å². The highest BCUT2D eigenvalue weighted by atomic mass is 16.6. The maximum absolute atomic E-state index is 11.6. The van der Waals surface area contributed by atoms with Gasteiger partial charge in [0.25, 0.3) is 0 Å². The Hall–Kier alpha value is -1.91. The second-order valence-corrected chi connectivity index (χ2v) is 4.29. The Morgan fingerprint density at radius 3 is 2.72 bits per heavy atom. The van der Waals surface area contributed by atoms with Crippen LogP contribution in [0.1, 0.15) is 25.8 Å². The molecule has 1 aromatic carbocycles. The minimum atomic E-state index is -0.511. The molecule has 0 saturated carbocycles. The third kappa shape index (κ3) is 3.55. The zero-order valence-corrected chi connectivity index (χ0v) is 10.8. The number of nitro benzene ring substituents is 1. The molecular weight excluding hydrogens is 234 g/mol. The molecule has 0 aliphatic rings. The minimum Gasteiger partial charge on any atom is -0.479 e. The lowest BCUT2D eigenvalue weighted by Crippen LogP contribution is -2.19. The molecule has 18 heavy (non-hydrogen) atoms. The maximum atomic E-state index is 11.6. The molecule has 0 heterocycles. The predicted molar refractivity (Wildman–Crippen MR) is 67.8 cm³/mol. The van der Waals surface area contributed by atoms with E-state index in [0.29, 0.717) is 0 Å². The van der Waals surface area contributed by atoms with E-state index < -0.39 is 4.92 Å². The van der Waals surface area contributed by atoms with Gasteiger partial charge in [-0.25, -0.2) is 0 Å². The molecule has 1 rings (SSSR count). The van der Waals surface area contributed by atoms with Crippen LogP contribution in [-0.4, -0.2) is 17.3 Å². The van der Waals surface area contributed by atoms with Crippen LogP contribution in [0.25, 0.3) is 0 Å². The number of ether oxygens (including phenoxy) is 1. The van der Waals surface area contributed by atoms with Gasteiger partial charge in [-0.1, -0.05) is 19.9 Å². The van der Waals surface area contributed by atoms with Crippen molar-refractivity contribution in [3.63, 3.8) is 0 Å². The number of carbonyl (C=O) groups excluding carboxylic acids is 1. The Morgan fingerprint density at radius 2 is 2.17 bits per heavy atom. The van der Waals surface area contributed by atoms with E-state index in [-0.39, 0.29) is 29.7 Å². The van der Waals surface area contributed by atoms with Crippen LogP contribution >= 0.6 is 0 Å². The summed E-state index contributed by atoms with van der Waals surface area (Å²) < 4.78 is 5.27. The van der Waals surface area contributed by atoms with Crippen LogP contribution in [0, 0.1) is 23.0 Å². The Kier molecular flexibility index (Phi) is 4.83. The highest BCUT2D eigenvalue weighted by Gasteiger charge is 2.17. The first kappa shape index (κ1) is 14.2. The molecule has 0 spiro atoms. The van der Waals surface area contributed by atoms with E-state index in [2.05, 4.69) is 0 Å². The average molecular weight is 251 g/mol. The number of hydrogen-bond donors (Lipinski definition) is 0. The minimum absolute atomic E-state index is 0.0479. The summed E-state index contributed by atoms with van der Waals surface area (Å²) in [4.78, 5) is 21.9. The molecule has 5 nitrogen and oxygen atoms in total. The monoisotopic (exact) mass is 251 g/mol. The Labute approximate surface area is 106 Å². The molecule has 0 aromatic heterocycles. The number of ketones is 1. The molecule has 0 aliphatic carbocycles. The van der Waals surface area contributed by atoms with Gasteiger partial charge in [-0.05, 0) is 25.0 Å². The number of benzene rings is 1. The maximum Gasteiger partial charge on any atom is 0.310 e. The fourth-order valence-corrected chi connectivity index (χ4v) is 1.41. The molecule has 1 aromatic rings. The van der Waals surface area contributed by atoms with Crippen LogP contribution < -0.4 is 4.74 Å². The van der Waals surface area contributed by atoms with Crippen molar-refractivity contribution < 1.29 is 14.5 Å². The largest absolute Gasteiger partial charge is 0.479 e. The van der Waals surface area contributed by atoms with Crippen molar-refractivity contribution in [2.45, 2.75) is 27.2 Å². The van der Waals surface area contributed by atoms with Crippen LogP contribution in [0.4, 0.5) is 5.69 Å². The molecule has 1 unspecified atom stereocenters. The molecule has 0 aliphatic heterocycles. The number of hydrogen-bond acceptors (Lipinski definition) is 4. The number of nitrogens with zero attached hydrogens (tertiary/aromatic N) is 1. The van der Waals surface area contributed by atoms with Gasteiger partial charge in [-0.2, -0.15) is 0 Å². The van der Waals surface area contributed by atoms with Crippen molar-refractivity contribution in [2.24, 2.45) is 5.92 Å². The van der Waals surface area contributed by atoms with Crippen molar-refractivity contribution in [1.82, 2.24) is 0 Å². The third-order valence-corrected chi connectivity index (χ3v) is 2.84. The summed E-state index contributed by atoms with van der Waals surface area (Å²) >= 11 is 0. The van der Waals surface area contributed by atoms with E-state index in [1.54, 1.807) is 12.1 Å². The van der Waals surface area contributed by atoms with Crippen molar-refractivity contribution in [2.75, 3.05) is 6.61 Å². The van der Waals surface area contributed by atoms with Crippen LogP contribution in [0.2, 0.25) is 0 Å². The smallest absolute Gasteiger partial charge is 0.310 e. The fraction of sp³-hybridized carbons (Fsp3) is 0.462. The predicted octanol–water partition coefficient (Wildman–Crippen LogP) is 2.90. The number of carbonyl (C=O) groups is 1. The molecule has 0 radical (unpaired) electrons. The second kappa shape index (κ2) is 6.14. The molecule has 0 N–H and O–H groups in total. The first-order chi connectivity index (χ1) is 8.45. The van der Waals surface area contributed by atoms with Gasteiger partial charge in [-0.15, -0.1) is 0 Å². The zero-order valence-electron chi connectivity index (χ0n) is 10.8. The van der Waals surface area contributed by atoms with Crippen molar-refractivity contribution >= 4 is 11.5 Å². The van der Waals surface area contributed by atoms with Gasteiger partial charge in [0.1, 0.15) is 6.61 Å². The topological polar surface area (TPSA) is 69.4 Å². The van der Waals surface area contributed by atoms with E-state index >= 15 is 0 Å². The molecular formula is C13H17NO4. The lowest BCUT2D eigenvalue weighted by Gasteiger charge is -2.10. The van der Waals surface area contributed by atoms with Gasteiger partial charge in [0.05, 0.1) is 4.92 Å². The zero-order chi connectivity index (χ0) is 13.7. The Morgan fingerprint density at radius 1 is 1.50 bits per heavy atom. The number of aryl methyl sites for hydroxylation is 1. The summed E-state index contributed by atoms with van der Waals surface area (Å²) in [6.07, 6.45) is 0.734. The van der Waals surface area contributed by atoms with Gasteiger partial charge < -0.3 is 4.74 Å². The van der Waals surface area contributed by atoms with Crippen molar-refractivity contribution in [1.29, 1.82) is 0 Å². The lowest BCUT2D eigenvalue weighted by molar-refractivity contribution is -0.385.